The van der Waals surface area contributed by atoms with E-state index in [0.717, 1.165) is 17.3 Å². The molecule has 1 aliphatic heterocycles. The molecule has 0 radical (unpaired) electrons. The molecule has 0 aliphatic carbocycles. The number of hydrogen-bond donors (Lipinski definition) is 1. The quantitative estimate of drug-likeness (QED) is 0.701. The fourth-order valence-corrected chi connectivity index (χ4v) is 5.22. The van der Waals surface area contributed by atoms with E-state index in [-0.39, 0.29) is 6.54 Å². The molecule has 1 N–H and O–H groups in total. The maximum atomic E-state index is 13.4. The highest BCUT2D eigenvalue weighted by Crippen LogP contribution is 2.51. The van der Waals surface area contributed by atoms with Gasteiger partial charge in [0.05, 0.1) is 11.9 Å². The second-order valence-corrected chi connectivity index (χ2v) is 9.19. The molecular weight excluding hydrogens is 421 g/mol. The smallest absolute Gasteiger partial charge is 0.318 e. The zero-order valence-corrected chi connectivity index (χ0v) is 16.5. The molecule has 2 aromatic carbocycles. The van der Waals surface area contributed by atoms with Gasteiger partial charge in [0, 0.05) is 11.0 Å². The van der Waals surface area contributed by atoms with Gasteiger partial charge >= 0.3 is 13.5 Å². The van der Waals surface area contributed by atoms with E-state index < -0.39 is 13.5 Å². The van der Waals surface area contributed by atoms with Crippen molar-refractivity contribution in [2.75, 3.05) is 19.7 Å². The van der Waals surface area contributed by atoms with Gasteiger partial charge in [-0.3, -0.25) is 9.36 Å². The van der Waals surface area contributed by atoms with E-state index in [1.54, 1.807) is 24.3 Å². The van der Waals surface area contributed by atoms with Crippen LogP contribution in [-0.2, 0) is 13.9 Å². The third-order valence-corrected chi connectivity index (χ3v) is 7.08. The number of rotatable bonds is 5. The summed E-state index contributed by atoms with van der Waals surface area (Å²) in [7, 11) is -3.39. The van der Waals surface area contributed by atoms with Gasteiger partial charge in [-0.25, -0.2) is 4.67 Å². The SMILES string of the molecule is O=C(O)CN1CCCCOP1(=O)c1ccc(Oc2ccc(Br)cc2)cc1. The zero-order valence-electron chi connectivity index (χ0n) is 14.0. The number of hydrogen-bond acceptors (Lipinski definition) is 4. The van der Waals surface area contributed by atoms with E-state index in [9.17, 15) is 9.36 Å². The molecule has 26 heavy (non-hydrogen) atoms. The lowest BCUT2D eigenvalue weighted by molar-refractivity contribution is -0.137. The highest BCUT2D eigenvalue weighted by atomic mass is 79.9. The van der Waals surface area contributed by atoms with Crippen molar-refractivity contribution >= 4 is 34.7 Å². The van der Waals surface area contributed by atoms with E-state index in [0.29, 0.717) is 30.0 Å². The molecule has 1 heterocycles. The summed E-state index contributed by atoms with van der Waals surface area (Å²) in [6.07, 6.45) is 1.51. The Hall–Kier alpha value is -1.66. The second-order valence-electron chi connectivity index (χ2n) is 5.89. The van der Waals surface area contributed by atoms with Gasteiger partial charge in [-0.15, -0.1) is 0 Å². The minimum atomic E-state index is -3.39. The minimum Gasteiger partial charge on any atom is -0.480 e. The summed E-state index contributed by atoms with van der Waals surface area (Å²) < 4.78 is 27.2. The summed E-state index contributed by atoms with van der Waals surface area (Å²) >= 11 is 3.37. The van der Waals surface area contributed by atoms with Crippen molar-refractivity contribution in [1.29, 1.82) is 0 Å². The Balaban J connectivity index is 1.81. The van der Waals surface area contributed by atoms with E-state index in [1.165, 1.54) is 4.67 Å². The third kappa shape index (κ3) is 4.54. The maximum Gasteiger partial charge on any atom is 0.318 e. The lowest BCUT2D eigenvalue weighted by Crippen LogP contribution is -2.31. The average molecular weight is 440 g/mol. The lowest BCUT2D eigenvalue weighted by Gasteiger charge is -2.27. The molecule has 0 amide bonds. The Labute approximate surface area is 160 Å². The number of halogens is 1. The van der Waals surface area contributed by atoms with Gasteiger partial charge in [0.1, 0.15) is 18.0 Å². The van der Waals surface area contributed by atoms with Crippen LogP contribution in [0.5, 0.6) is 11.5 Å². The van der Waals surface area contributed by atoms with Crippen molar-refractivity contribution in [3.8, 4) is 11.5 Å². The van der Waals surface area contributed by atoms with Gasteiger partial charge in [0.25, 0.3) is 0 Å². The molecule has 0 bridgehead atoms. The summed E-state index contributed by atoms with van der Waals surface area (Å²) in [6, 6.07) is 14.2. The van der Waals surface area contributed by atoms with Crippen molar-refractivity contribution in [2.45, 2.75) is 12.8 Å². The molecule has 1 aliphatic rings. The molecule has 1 atom stereocenters. The van der Waals surface area contributed by atoms with Crippen LogP contribution in [0, 0.1) is 0 Å². The first-order valence-corrected chi connectivity index (χ1v) is 10.6. The van der Waals surface area contributed by atoms with E-state index in [4.69, 9.17) is 14.4 Å². The molecule has 1 fully saturated rings. The topological polar surface area (TPSA) is 76.1 Å². The summed E-state index contributed by atoms with van der Waals surface area (Å²) in [5.41, 5.74) is 0. The van der Waals surface area contributed by atoms with Crippen LogP contribution in [0.2, 0.25) is 0 Å². The molecule has 0 saturated carbocycles. The van der Waals surface area contributed by atoms with Gasteiger partial charge in [-0.1, -0.05) is 15.9 Å². The summed E-state index contributed by atoms with van der Waals surface area (Å²) in [4.78, 5) is 11.1. The standard InChI is InChI=1S/C18H19BrNO5P/c19-14-3-5-15(6-4-14)25-16-7-9-17(10-8-16)26(23)20(13-18(21)22)11-1-2-12-24-26/h3-10H,1-2,11-13H2,(H,21,22). The van der Waals surface area contributed by atoms with Gasteiger partial charge < -0.3 is 14.4 Å². The largest absolute Gasteiger partial charge is 0.480 e. The zero-order chi connectivity index (χ0) is 18.6. The van der Waals surface area contributed by atoms with Crippen LogP contribution in [0.3, 0.4) is 0 Å². The normalized spacial score (nSPS) is 21.1. The van der Waals surface area contributed by atoms with Crippen LogP contribution in [-0.4, -0.2) is 35.4 Å². The predicted octanol–water partition coefficient (Wildman–Crippen LogP) is 4.26. The first-order chi connectivity index (χ1) is 12.5. The van der Waals surface area contributed by atoms with Crippen LogP contribution < -0.4 is 10.0 Å². The molecule has 6 nitrogen and oxygen atoms in total. The molecule has 2 aromatic rings. The number of ether oxygens (including phenoxy) is 1. The molecule has 138 valence electrons. The number of carboxylic acids is 1. The average Bonchev–Trinajstić information content (AvgIpc) is 2.80. The number of aliphatic carboxylic acids is 1. The first-order valence-electron chi connectivity index (χ1n) is 8.23. The van der Waals surface area contributed by atoms with Crippen molar-refractivity contribution in [3.63, 3.8) is 0 Å². The first kappa shape index (κ1) is 19.1. The summed E-state index contributed by atoms with van der Waals surface area (Å²) in [6.45, 7) is 0.472. The number of nitrogens with zero attached hydrogens (tertiary/aromatic N) is 1. The van der Waals surface area contributed by atoms with Gasteiger partial charge in [-0.2, -0.15) is 0 Å². The molecule has 3 rings (SSSR count). The Morgan fingerprint density at radius 3 is 2.35 bits per heavy atom. The number of carbonyl (C=O) groups is 1. The summed E-state index contributed by atoms with van der Waals surface area (Å²) in [5.74, 6) is 0.263. The fourth-order valence-electron chi connectivity index (χ4n) is 2.71. The van der Waals surface area contributed by atoms with Crippen LogP contribution in [0.4, 0.5) is 0 Å². The lowest BCUT2D eigenvalue weighted by atomic mass is 10.3. The van der Waals surface area contributed by atoms with E-state index in [1.807, 2.05) is 24.3 Å². The minimum absolute atomic E-state index is 0.311. The second kappa shape index (κ2) is 8.35. The molecule has 0 spiro atoms. The maximum absolute atomic E-state index is 13.4. The predicted molar refractivity (Wildman–Crippen MR) is 102 cm³/mol. The van der Waals surface area contributed by atoms with Gasteiger partial charge in [-0.05, 0) is 61.4 Å². The van der Waals surface area contributed by atoms with Crippen molar-refractivity contribution < 1.29 is 23.7 Å². The Bertz CT molecular complexity index is 809. The summed E-state index contributed by atoms with van der Waals surface area (Å²) in [5, 5.41) is 9.60. The Morgan fingerprint density at radius 1 is 1.12 bits per heavy atom. The Morgan fingerprint density at radius 2 is 1.73 bits per heavy atom. The molecular formula is C18H19BrNO5P. The third-order valence-electron chi connectivity index (χ3n) is 3.98. The number of carboxylic acid groups (broad SMARTS) is 1. The molecule has 8 heteroatoms. The van der Waals surface area contributed by atoms with Crippen molar-refractivity contribution in [1.82, 2.24) is 4.67 Å². The van der Waals surface area contributed by atoms with Crippen LogP contribution in [0.25, 0.3) is 0 Å². The van der Waals surface area contributed by atoms with Crippen LogP contribution in [0.1, 0.15) is 12.8 Å². The fraction of sp³-hybridized carbons (Fsp3) is 0.278. The van der Waals surface area contributed by atoms with Gasteiger partial charge in [0.2, 0.25) is 0 Å². The van der Waals surface area contributed by atoms with E-state index in [2.05, 4.69) is 15.9 Å². The van der Waals surface area contributed by atoms with Gasteiger partial charge in [0.15, 0.2) is 0 Å². The van der Waals surface area contributed by atoms with Crippen LogP contribution in [0.15, 0.2) is 53.0 Å². The molecule has 1 saturated heterocycles. The van der Waals surface area contributed by atoms with E-state index >= 15 is 0 Å². The highest BCUT2D eigenvalue weighted by molar-refractivity contribution is 9.10. The highest BCUT2D eigenvalue weighted by Gasteiger charge is 2.36. The number of benzene rings is 2. The Kier molecular flexibility index (Phi) is 6.14. The molecule has 1 unspecified atom stereocenters. The van der Waals surface area contributed by atoms with Crippen LogP contribution >= 0.6 is 23.4 Å². The monoisotopic (exact) mass is 439 g/mol. The molecule has 0 aromatic heterocycles. The van der Waals surface area contributed by atoms with Crippen molar-refractivity contribution in [3.05, 3.63) is 53.0 Å². The van der Waals surface area contributed by atoms with Crippen molar-refractivity contribution in [2.24, 2.45) is 0 Å².